The van der Waals surface area contributed by atoms with E-state index in [-0.39, 0.29) is 5.41 Å². The lowest BCUT2D eigenvalue weighted by molar-refractivity contribution is 0.585. The van der Waals surface area contributed by atoms with E-state index in [4.69, 9.17) is 5.26 Å². The zero-order valence-corrected chi connectivity index (χ0v) is 11.9. The number of nitrogens with zero attached hydrogens (tertiary/aromatic N) is 4. The van der Waals surface area contributed by atoms with Crippen molar-refractivity contribution in [1.29, 1.82) is 5.26 Å². The monoisotopic (exact) mass is 270 g/mol. The van der Waals surface area contributed by atoms with Crippen LogP contribution in [-0.2, 0) is 5.41 Å². The molecular weight excluding hydrogens is 256 g/mol. The molecule has 2 aromatic heterocycles. The normalized spacial score (nSPS) is 11.7. The Hall–Kier alpha value is -2.06. The lowest BCUT2D eigenvalue weighted by atomic mass is 9.98. The fourth-order valence-electron chi connectivity index (χ4n) is 1.36. The summed E-state index contributed by atoms with van der Waals surface area (Å²) in [5.41, 5.74) is 1.13. The minimum absolute atomic E-state index is 0.0744. The minimum atomic E-state index is 0.0744. The molecule has 0 aromatic carbocycles. The van der Waals surface area contributed by atoms with Gasteiger partial charge in [-0.25, -0.2) is 9.97 Å². The van der Waals surface area contributed by atoms with Crippen LogP contribution in [0.2, 0.25) is 0 Å². The molecule has 0 aliphatic rings. The number of nitriles is 1. The van der Waals surface area contributed by atoms with E-state index in [1.54, 1.807) is 17.5 Å². The summed E-state index contributed by atoms with van der Waals surface area (Å²) >= 11 is 1.67. The van der Waals surface area contributed by atoms with Crippen LogP contribution in [0.15, 0.2) is 18.6 Å². The summed E-state index contributed by atoms with van der Waals surface area (Å²) in [6.07, 6.45) is 8.74. The number of hydrogen-bond acceptors (Lipinski definition) is 5. The Labute approximate surface area is 116 Å². The van der Waals surface area contributed by atoms with E-state index in [1.165, 1.54) is 6.20 Å². The van der Waals surface area contributed by atoms with Crippen molar-refractivity contribution in [2.24, 2.45) is 0 Å². The topological polar surface area (TPSA) is 62.5 Å². The molecule has 0 amide bonds. The summed E-state index contributed by atoms with van der Waals surface area (Å²) in [6.45, 7) is 6.43. The molecule has 0 radical (unpaired) electrons. The van der Waals surface area contributed by atoms with Crippen LogP contribution < -0.4 is 0 Å². The largest absolute Gasteiger partial charge is 0.252 e. The van der Waals surface area contributed by atoms with Gasteiger partial charge in [-0.15, -0.1) is 11.3 Å². The Morgan fingerprint density at radius 1 is 1.11 bits per heavy atom. The highest BCUT2D eigenvalue weighted by atomic mass is 32.1. The first-order valence-corrected chi connectivity index (χ1v) is 6.67. The molecule has 0 spiro atoms. The second-order valence-corrected chi connectivity index (χ2v) is 6.15. The number of hydrogen-bond donors (Lipinski definition) is 0. The molecule has 4 nitrogen and oxygen atoms in total. The van der Waals surface area contributed by atoms with Gasteiger partial charge in [0.2, 0.25) is 0 Å². The third-order valence-corrected chi connectivity index (χ3v) is 3.76. The first-order valence-electron chi connectivity index (χ1n) is 5.85. The zero-order valence-electron chi connectivity index (χ0n) is 11.1. The molecule has 0 atom stereocenters. The molecule has 2 aromatic rings. The van der Waals surface area contributed by atoms with E-state index in [0.717, 1.165) is 15.6 Å². The van der Waals surface area contributed by atoms with Crippen LogP contribution in [0.3, 0.4) is 0 Å². The number of rotatable bonds is 2. The highest BCUT2D eigenvalue weighted by Crippen LogP contribution is 2.27. The second-order valence-electron chi connectivity index (χ2n) is 5.09. The summed E-state index contributed by atoms with van der Waals surface area (Å²) in [4.78, 5) is 13.6. The van der Waals surface area contributed by atoms with Crippen molar-refractivity contribution < 1.29 is 0 Å². The van der Waals surface area contributed by atoms with E-state index in [2.05, 4.69) is 35.7 Å². The average Bonchev–Trinajstić information content (AvgIpc) is 2.86. The molecule has 19 heavy (non-hydrogen) atoms. The van der Waals surface area contributed by atoms with Crippen LogP contribution >= 0.6 is 11.3 Å². The maximum Gasteiger partial charge on any atom is 0.158 e. The van der Waals surface area contributed by atoms with Gasteiger partial charge in [0.1, 0.15) is 6.07 Å². The van der Waals surface area contributed by atoms with E-state index < -0.39 is 0 Å². The van der Waals surface area contributed by atoms with Gasteiger partial charge in [-0.3, -0.25) is 4.98 Å². The predicted molar refractivity (Wildman–Crippen MR) is 76.5 cm³/mol. The Morgan fingerprint density at radius 2 is 1.89 bits per heavy atom. The Balaban J connectivity index is 2.14. The lowest BCUT2D eigenvalue weighted by Crippen LogP contribution is -2.09. The fourth-order valence-corrected chi connectivity index (χ4v) is 2.24. The summed E-state index contributed by atoms with van der Waals surface area (Å²) in [5.74, 6) is 0. The minimum Gasteiger partial charge on any atom is -0.252 e. The molecule has 0 saturated heterocycles. The number of thiazole rings is 1. The highest BCUT2D eigenvalue weighted by molar-refractivity contribution is 7.12. The van der Waals surface area contributed by atoms with E-state index in [9.17, 15) is 0 Å². The average molecular weight is 270 g/mol. The van der Waals surface area contributed by atoms with Crippen LogP contribution in [0.25, 0.3) is 12.2 Å². The van der Waals surface area contributed by atoms with Crippen LogP contribution in [0, 0.1) is 11.3 Å². The Kier molecular flexibility index (Phi) is 3.72. The maximum absolute atomic E-state index is 8.64. The molecule has 0 saturated carbocycles. The van der Waals surface area contributed by atoms with Gasteiger partial charge in [-0.1, -0.05) is 20.8 Å². The zero-order chi connectivity index (χ0) is 13.9. The third-order valence-electron chi connectivity index (χ3n) is 2.37. The first kappa shape index (κ1) is 13.4. The summed E-state index contributed by atoms with van der Waals surface area (Å²) in [7, 11) is 0. The van der Waals surface area contributed by atoms with Gasteiger partial charge in [0, 0.05) is 16.5 Å². The predicted octanol–water partition coefficient (Wildman–Crippen LogP) is 3.27. The summed E-state index contributed by atoms with van der Waals surface area (Å²) in [5, 5.41) is 9.75. The fraction of sp³-hybridized carbons (Fsp3) is 0.286. The van der Waals surface area contributed by atoms with Gasteiger partial charge in [0.25, 0.3) is 0 Å². The number of aromatic nitrogens is 3. The molecule has 0 aliphatic heterocycles. The first-order chi connectivity index (χ1) is 8.99. The van der Waals surface area contributed by atoms with Crippen molar-refractivity contribution >= 4 is 23.5 Å². The van der Waals surface area contributed by atoms with Crippen LogP contribution in [0.1, 0.15) is 42.0 Å². The van der Waals surface area contributed by atoms with Gasteiger partial charge < -0.3 is 0 Å². The van der Waals surface area contributed by atoms with Gasteiger partial charge in [-0.2, -0.15) is 5.26 Å². The van der Waals surface area contributed by atoms with Crippen LogP contribution in [0.4, 0.5) is 0 Å². The molecule has 0 N–H and O–H groups in total. The van der Waals surface area contributed by atoms with Crippen molar-refractivity contribution in [3.05, 3.63) is 39.9 Å². The maximum atomic E-state index is 8.64. The molecule has 96 valence electrons. The standard InChI is InChI=1S/C14H14N4S/c1-14(2,3)13-18-9-12(19-13)5-4-10-7-17-11(6-15)8-16-10/h4-5,7-9H,1-3H3. The van der Waals surface area contributed by atoms with Crippen LogP contribution in [0.5, 0.6) is 0 Å². The van der Waals surface area contributed by atoms with Crippen molar-refractivity contribution in [3.63, 3.8) is 0 Å². The Morgan fingerprint density at radius 3 is 2.42 bits per heavy atom. The van der Waals surface area contributed by atoms with Crippen LogP contribution in [-0.4, -0.2) is 15.0 Å². The summed E-state index contributed by atoms with van der Waals surface area (Å²) < 4.78 is 0. The lowest BCUT2D eigenvalue weighted by Gasteiger charge is -2.13. The van der Waals surface area contributed by atoms with Crippen molar-refractivity contribution in [2.45, 2.75) is 26.2 Å². The van der Waals surface area contributed by atoms with Gasteiger partial charge in [-0.05, 0) is 12.2 Å². The second kappa shape index (κ2) is 5.29. The third kappa shape index (κ3) is 3.46. The molecule has 0 bridgehead atoms. The van der Waals surface area contributed by atoms with E-state index >= 15 is 0 Å². The summed E-state index contributed by atoms with van der Waals surface area (Å²) in [6, 6.07) is 1.94. The highest BCUT2D eigenvalue weighted by Gasteiger charge is 2.17. The molecule has 2 rings (SSSR count). The molecule has 0 aliphatic carbocycles. The molecular formula is C14H14N4S. The molecule has 0 unspecified atom stereocenters. The van der Waals surface area contributed by atoms with Crippen molar-refractivity contribution in [2.75, 3.05) is 0 Å². The molecule has 5 heteroatoms. The smallest absolute Gasteiger partial charge is 0.158 e. The van der Waals surface area contributed by atoms with Crippen molar-refractivity contribution in [1.82, 2.24) is 15.0 Å². The van der Waals surface area contributed by atoms with Gasteiger partial charge in [0.05, 0.1) is 23.1 Å². The van der Waals surface area contributed by atoms with Gasteiger partial charge >= 0.3 is 0 Å². The molecule has 2 heterocycles. The van der Waals surface area contributed by atoms with E-state index in [1.807, 2.05) is 24.4 Å². The van der Waals surface area contributed by atoms with Gasteiger partial charge in [0.15, 0.2) is 5.69 Å². The van der Waals surface area contributed by atoms with E-state index in [0.29, 0.717) is 5.69 Å². The SMILES string of the molecule is CC(C)(C)c1ncc(C=Cc2cnc(C#N)cn2)s1. The quantitative estimate of drug-likeness (QED) is 0.840. The van der Waals surface area contributed by atoms with Crippen molar-refractivity contribution in [3.8, 4) is 6.07 Å². The molecule has 0 fully saturated rings. The Bertz CT molecular complexity index is 627.